The van der Waals surface area contributed by atoms with E-state index in [1.165, 1.54) is 6.07 Å². The Balaban J connectivity index is 2.49. The highest BCUT2D eigenvalue weighted by Gasteiger charge is 2.07. The lowest BCUT2D eigenvalue weighted by Crippen LogP contribution is -1.98. The van der Waals surface area contributed by atoms with Crippen molar-refractivity contribution in [2.75, 3.05) is 12.4 Å². The van der Waals surface area contributed by atoms with Gasteiger partial charge in [-0.3, -0.25) is 0 Å². The van der Waals surface area contributed by atoms with Crippen LogP contribution in [-0.4, -0.2) is 17.0 Å². The average molecular weight is 296 g/mol. The Morgan fingerprint density at radius 1 is 1.35 bits per heavy atom. The summed E-state index contributed by atoms with van der Waals surface area (Å²) in [5, 5.41) is 2.94. The van der Waals surface area contributed by atoms with Crippen LogP contribution in [0.15, 0.2) is 28.9 Å². The molecule has 0 saturated carbocycles. The number of aryl methyl sites for hydroxylation is 1. The van der Waals surface area contributed by atoms with E-state index < -0.39 is 0 Å². The number of nitrogens with zero attached hydrogens (tertiary/aromatic N) is 2. The van der Waals surface area contributed by atoms with Gasteiger partial charge >= 0.3 is 0 Å². The Labute approximate surface area is 107 Å². The molecule has 0 bridgehead atoms. The van der Waals surface area contributed by atoms with Gasteiger partial charge in [-0.1, -0.05) is 12.1 Å². The summed E-state index contributed by atoms with van der Waals surface area (Å²) in [6, 6.07) is 4.97. The molecule has 0 saturated heterocycles. The third-order valence-electron chi connectivity index (χ3n) is 2.41. The lowest BCUT2D eigenvalue weighted by atomic mass is 10.1. The van der Waals surface area contributed by atoms with Crippen LogP contribution < -0.4 is 5.32 Å². The van der Waals surface area contributed by atoms with Crippen molar-refractivity contribution in [3.05, 3.63) is 40.2 Å². The fourth-order valence-corrected chi connectivity index (χ4v) is 1.80. The molecule has 0 unspecified atom stereocenters. The van der Waals surface area contributed by atoms with Crippen molar-refractivity contribution in [2.45, 2.75) is 6.92 Å². The van der Waals surface area contributed by atoms with Crippen LogP contribution in [0.3, 0.4) is 0 Å². The van der Waals surface area contributed by atoms with E-state index in [-0.39, 0.29) is 5.82 Å². The molecule has 1 aromatic carbocycles. The monoisotopic (exact) mass is 295 g/mol. The number of hydrogen-bond acceptors (Lipinski definition) is 3. The maximum Gasteiger partial charge on any atom is 0.161 e. The number of rotatable bonds is 2. The van der Waals surface area contributed by atoms with E-state index in [1.54, 1.807) is 32.3 Å². The summed E-state index contributed by atoms with van der Waals surface area (Å²) in [5.41, 5.74) is 1.27. The van der Waals surface area contributed by atoms with Crippen LogP contribution in [-0.2, 0) is 0 Å². The van der Waals surface area contributed by atoms with E-state index in [9.17, 15) is 4.39 Å². The van der Waals surface area contributed by atoms with Crippen molar-refractivity contribution in [3.8, 4) is 11.4 Å². The molecule has 2 rings (SSSR count). The SMILES string of the molecule is CNc1nc(-c2ccc(C)c(F)c2)ncc1Br. The predicted octanol–water partition coefficient (Wildman–Crippen LogP) is 3.40. The Bertz CT molecular complexity index is 557. The number of nitrogens with one attached hydrogen (secondary N) is 1. The largest absolute Gasteiger partial charge is 0.372 e. The molecule has 1 aromatic heterocycles. The molecular formula is C12H11BrFN3. The molecule has 0 fully saturated rings. The zero-order chi connectivity index (χ0) is 12.4. The van der Waals surface area contributed by atoms with Crippen LogP contribution in [0, 0.1) is 12.7 Å². The van der Waals surface area contributed by atoms with Gasteiger partial charge in [-0.15, -0.1) is 0 Å². The van der Waals surface area contributed by atoms with Crippen molar-refractivity contribution < 1.29 is 4.39 Å². The van der Waals surface area contributed by atoms with Crippen molar-refractivity contribution in [2.24, 2.45) is 0 Å². The first-order chi connectivity index (χ1) is 8.11. The van der Waals surface area contributed by atoms with Crippen molar-refractivity contribution >= 4 is 21.7 Å². The lowest BCUT2D eigenvalue weighted by molar-refractivity contribution is 0.619. The predicted molar refractivity (Wildman–Crippen MR) is 69.4 cm³/mol. The summed E-state index contributed by atoms with van der Waals surface area (Å²) in [4.78, 5) is 8.46. The van der Waals surface area contributed by atoms with Crippen LogP contribution in [0.25, 0.3) is 11.4 Å². The third-order valence-corrected chi connectivity index (χ3v) is 2.99. The summed E-state index contributed by atoms with van der Waals surface area (Å²) in [6.07, 6.45) is 1.64. The summed E-state index contributed by atoms with van der Waals surface area (Å²) < 4.78 is 14.2. The summed E-state index contributed by atoms with van der Waals surface area (Å²) >= 11 is 3.33. The van der Waals surface area contributed by atoms with Gasteiger partial charge < -0.3 is 5.32 Å². The highest BCUT2D eigenvalue weighted by Crippen LogP contribution is 2.23. The molecule has 0 aliphatic heterocycles. The van der Waals surface area contributed by atoms with Crippen LogP contribution in [0.5, 0.6) is 0 Å². The molecule has 0 amide bonds. The number of benzene rings is 1. The minimum absolute atomic E-state index is 0.250. The van der Waals surface area contributed by atoms with Gasteiger partial charge in [0.1, 0.15) is 11.6 Å². The van der Waals surface area contributed by atoms with E-state index in [4.69, 9.17) is 0 Å². The fourth-order valence-electron chi connectivity index (χ4n) is 1.41. The average Bonchev–Trinajstić information content (AvgIpc) is 2.33. The summed E-state index contributed by atoms with van der Waals surface area (Å²) in [6.45, 7) is 1.72. The van der Waals surface area contributed by atoms with Gasteiger partial charge in [0.15, 0.2) is 5.82 Å². The van der Waals surface area contributed by atoms with E-state index in [1.807, 2.05) is 0 Å². The normalized spacial score (nSPS) is 10.4. The van der Waals surface area contributed by atoms with Gasteiger partial charge in [0.05, 0.1) is 4.47 Å². The minimum atomic E-state index is -0.250. The van der Waals surface area contributed by atoms with E-state index in [2.05, 4.69) is 31.2 Å². The van der Waals surface area contributed by atoms with E-state index >= 15 is 0 Å². The van der Waals surface area contributed by atoms with Gasteiger partial charge in [0, 0.05) is 18.8 Å². The minimum Gasteiger partial charge on any atom is -0.372 e. The quantitative estimate of drug-likeness (QED) is 0.923. The van der Waals surface area contributed by atoms with Gasteiger partial charge in [-0.2, -0.15) is 0 Å². The zero-order valence-corrected chi connectivity index (χ0v) is 11.0. The Hall–Kier alpha value is -1.49. The molecule has 5 heteroatoms. The van der Waals surface area contributed by atoms with Crippen molar-refractivity contribution in [3.63, 3.8) is 0 Å². The first-order valence-corrected chi connectivity index (χ1v) is 5.88. The van der Waals surface area contributed by atoms with Crippen LogP contribution >= 0.6 is 15.9 Å². The van der Waals surface area contributed by atoms with Crippen LogP contribution in [0.2, 0.25) is 0 Å². The highest BCUT2D eigenvalue weighted by molar-refractivity contribution is 9.10. The van der Waals surface area contributed by atoms with Crippen LogP contribution in [0.4, 0.5) is 10.2 Å². The highest BCUT2D eigenvalue weighted by atomic mass is 79.9. The van der Waals surface area contributed by atoms with Gasteiger partial charge in [-0.25, -0.2) is 14.4 Å². The van der Waals surface area contributed by atoms with Gasteiger partial charge in [-0.05, 0) is 34.5 Å². The molecule has 1 heterocycles. The molecule has 3 nitrogen and oxygen atoms in total. The standard InChI is InChI=1S/C12H11BrFN3/c1-7-3-4-8(5-10(7)14)11-16-6-9(13)12(15-2)17-11/h3-6H,1-2H3,(H,15,16,17). The molecule has 0 spiro atoms. The van der Waals surface area contributed by atoms with Gasteiger partial charge in [0.2, 0.25) is 0 Å². The number of anilines is 1. The first-order valence-electron chi connectivity index (χ1n) is 5.08. The van der Waals surface area contributed by atoms with E-state index in [0.29, 0.717) is 22.8 Å². The molecule has 88 valence electrons. The Kier molecular flexibility index (Phi) is 3.38. The number of aromatic nitrogens is 2. The maximum absolute atomic E-state index is 13.4. The maximum atomic E-state index is 13.4. The second-order valence-corrected chi connectivity index (χ2v) is 4.46. The Morgan fingerprint density at radius 2 is 2.12 bits per heavy atom. The van der Waals surface area contributed by atoms with Crippen LogP contribution in [0.1, 0.15) is 5.56 Å². The number of halogens is 2. The molecule has 0 aliphatic carbocycles. The Morgan fingerprint density at radius 3 is 2.76 bits per heavy atom. The third kappa shape index (κ3) is 2.44. The molecule has 0 atom stereocenters. The molecule has 0 aliphatic rings. The molecule has 2 aromatic rings. The number of hydrogen-bond donors (Lipinski definition) is 1. The lowest BCUT2D eigenvalue weighted by Gasteiger charge is -2.06. The topological polar surface area (TPSA) is 37.8 Å². The molecule has 0 radical (unpaired) electrons. The zero-order valence-electron chi connectivity index (χ0n) is 9.46. The first kappa shape index (κ1) is 12.0. The molecular weight excluding hydrogens is 285 g/mol. The second kappa shape index (κ2) is 4.79. The van der Waals surface area contributed by atoms with Gasteiger partial charge in [0.25, 0.3) is 0 Å². The fraction of sp³-hybridized carbons (Fsp3) is 0.167. The summed E-state index contributed by atoms with van der Waals surface area (Å²) in [7, 11) is 1.77. The summed E-state index contributed by atoms with van der Waals surface area (Å²) in [5.74, 6) is 0.924. The van der Waals surface area contributed by atoms with E-state index in [0.717, 1.165) is 4.47 Å². The smallest absolute Gasteiger partial charge is 0.161 e. The second-order valence-electron chi connectivity index (χ2n) is 3.60. The van der Waals surface area contributed by atoms with Crippen molar-refractivity contribution in [1.82, 2.24) is 9.97 Å². The molecule has 1 N–H and O–H groups in total. The van der Waals surface area contributed by atoms with Crippen molar-refractivity contribution in [1.29, 1.82) is 0 Å². The molecule has 17 heavy (non-hydrogen) atoms.